The summed E-state index contributed by atoms with van der Waals surface area (Å²) in [4.78, 5) is 32.9. The largest absolute Gasteiger partial charge is 0.452 e. The van der Waals surface area contributed by atoms with Crippen molar-refractivity contribution in [3.63, 3.8) is 0 Å². The Morgan fingerprint density at radius 2 is 2.06 bits per heavy atom. The van der Waals surface area contributed by atoms with Gasteiger partial charge in [0, 0.05) is 4.47 Å². The SMILES string of the molecule is NC(=O)NC(=O)COC(=O)c1cc(Br)ccc1Cl. The Kier molecular flexibility index (Phi) is 5.11. The summed E-state index contributed by atoms with van der Waals surface area (Å²) >= 11 is 8.96. The van der Waals surface area contributed by atoms with Crippen molar-refractivity contribution in [2.45, 2.75) is 0 Å². The number of nitrogens with two attached hydrogens (primary N) is 1. The zero-order valence-corrected chi connectivity index (χ0v) is 11.2. The van der Waals surface area contributed by atoms with Gasteiger partial charge in [0.1, 0.15) is 0 Å². The molecule has 3 N–H and O–H groups in total. The van der Waals surface area contributed by atoms with E-state index in [1.165, 1.54) is 12.1 Å². The van der Waals surface area contributed by atoms with E-state index < -0.39 is 24.5 Å². The maximum Gasteiger partial charge on any atom is 0.340 e. The van der Waals surface area contributed by atoms with Crippen molar-refractivity contribution in [3.05, 3.63) is 33.3 Å². The lowest BCUT2D eigenvalue weighted by Crippen LogP contribution is -2.37. The minimum atomic E-state index is -1.02. The molecule has 1 aromatic carbocycles. The van der Waals surface area contributed by atoms with Crippen molar-refractivity contribution >= 4 is 45.4 Å². The number of esters is 1. The van der Waals surface area contributed by atoms with Crippen LogP contribution in [0.25, 0.3) is 0 Å². The molecular weight excluding hydrogens is 327 g/mol. The molecule has 0 aliphatic heterocycles. The van der Waals surface area contributed by atoms with Crippen LogP contribution >= 0.6 is 27.5 Å². The van der Waals surface area contributed by atoms with Crippen molar-refractivity contribution in [1.29, 1.82) is 0 Å². The standard InChI is InChI=1S/C10H8BrClN2O4/c11-5-1-2-7(12)6(3-5)9(16)18-4-8(15)14-10(13)17/h1-3H,4H2,(H3,13,14,15,17). The number of halogens is 2. The van der Waals surface area contributed by atoms with E-state index in [1.54, 1.807) is 11.4 Å². The summed E-state index contributed by atoms with van der Waals surface area (Å²) in [5, 5.41) is 1.95. The summed E-state index contributed by atoms with van der Waals surface area (Å²) in [5.74, 6) is -1.59. The summed E-state index contributed by atoms with van der Waals surface area (Å²) in [6.07, 6.45) is 0. The molecule has 0 radical (unpaired) electrons. The quantitative estimate of drug-likeness (QED) is 0.817. The molecule has 0 fully saturated rings. The molecule has 0 heterocycles. The van der Waals surface area contributed by atoms with Gasteiger partial charge in [0.05, 0.1) is 10.6 Å². The topological polar surface area (TPSA) is 98.5 Å². The molecule has 0 saturated heterocycles. The predicted molar refractivity (Wildman–Crippen MR) is 67.2 cm³/mol. The number of benzene rings is 1. The number of imide groups is 1. The number of nitrogens with one attached hydrogen (secondary N) is 1. The lowest BCUT2D eigenvalue weighted by Gasteiger charge is -2.06. The normalized spacial score (nSPS) is 9.67. The van der Waals surface area contributed by atoms with Crippen molar-refractivity contribution < 1.29 is 19.1 Å². The van der Waals surface area contributed by atoms with E-state index in [0.29, 0.717) is 4.47 Å². The van der Waals surface area contributed by atoms with Gasteiger partial charge in [-0.15, -0.1) is 0 Å². The third kappa shape index (κ3) is 4.34. The first-order chi connectivity index (χ1) is 8.40. The number of carbonyl (C=O) groups is 3. The Morgan fingerprint density at radius 3 is 2.67 bits per heavy atom. The van der Waals surface area contributed by atoms with Gasteiger partial charge in [-0.1, -0.05) is 27.5 Å². The van der Waals surface area contributed by atoms with E-state index in [2.05, 4.69) is 20.7 Å². The van der Waals surface area contributed by atoms with Gasteiger partial charge in [0.25, 0.3) is 5.91 Å². The number of rotatable bonds is 3. The number of amides is 3. The predicted octanol–water partition coefficient (Wildman–Crippen LogP) is 1.45. The van der Waals surface area contributed by atoms with E-state index in [4.69, 9.17) is 17.3 Å². The summed E-state index contributed by atoms with van der Waals surface area (Å²) in [7, 11) is 0. The maximum absolute atomic E-state index is 11.6. The summed E-state index contributed by atoms with van der Waals surface area (Å²) in [6.45, 7) is -0.620. The fourth-order valence-corrected chi connectivity index (χ4v) is 1.59. The molecule has 6 nitrogen and oxygen atoms in total. The van der Waals surface area contributed by atoms with Crippen molar-refractivity contribution in [3.8, 4) is 0 Å². The average molecular weight is 336 g/mol. The van der Waals surface area contributed by atoms with Gasteiger partial charge < -0.3 is 10.5 Å². The number of hydrogen-bond donors (Lipinski definition) is 2. The molecule has 0 aliphatic carbocycles. The summed E-state index contributed by atoms with van der Waals surface area (Å²) in [5.41, 5.74) is 4.83. The molecule has 8 heteroatoms. The summed E-state index contributed by atoms with van der Waals surface area (Å²) in [6, 6.07) is 3.60. The van der Waals surface area contributed by atoms with Crippen LogP contribution in [-0.2, 0) is 9.53 Å². The van der Waals surface area contributed by atoms with Gasteiger partial charge >= 0.3 is 12.0 Å². The van der Waals surface area contributed by atoms with Crippen molar-refractivity contribution in [2.75, 3.05) is 6.61 Å². The Bertz CT molecular complexity index is 507. The van der Waals surface area contributed by atoms with Crippen LogP contribution < -0.4 is 11.1 Å². The number of carbonyl (C=O) groups excluding carboxylic acids is 3. The van der Waals surface area contributed by atoms with Crippen LogP contribution in [0, 0.1) is 0 Å². The molecular formula is C10H8BrClN2O4. The lowest BCUT2D eigenvalue weighted by molar-refractivity contribution is -0.123. The minimum absolute atomic E-state index is 0.109. The zero-order valence-electron chi connectivity index (χ0n) is 8.91. The number of primary amides is 1. The van der Waals surface area contributed by atoms with Gasteiger partial charge in [0.2, 0.25) is 0 Å². The molecule has 0 saturated carbocycles. The molecule has 96 valence electrons. The molecule has 0 spiro atoms. The van der Waals surface area contributed by atoms with Gasteiger partial charge in [-0.2, -0.15) is 0 Å². The molecule has 18 heavy (non-hydrogen) atoms. The highest BCUT2D eigenvalue weighted by Crippen LogP contribution is 2.21. The van der Waals surface area contributed by atoms with Crippen LogP contribution in [0.15, 0.2) is 22.7 Å². The first-order valence-electron chi connectivity index (χ1n) is 4.61. The molecule has 3 amide bonds. The third-order valence-electron chi connectivity index (χ3n) is 1.75. The van der Waals surface area contributed by atoms with Crippen LogP contribution in [0.1, 0.15) is 10.4 Å². The monoisotopic (exact) mass is 334 g/mol. The number of urea groups is 1. The molecule has 0 aromatic heterocycles. The van der Waals surface area contributed by atoms with Gasteiger partial charge in [-0.3, -0.25) is 10.1 Å². The second-order valence-corrected chi connectivity index (χ2v) is 4.44. The zero-order chi connectivity index (χ0) is 13.7. The Balaban J connectivity index is 2.63. The third-order valence-corrected chi connectivity index (χ3v) is 2.57. The fraction of sp³-hybridized carbons (Fsp3) is 0.100. The highest BCUT2D eigenvalue weighted by Gasteiger charge is 2.14. The second kappa shape index (κ2) is 6.36. The smallest absolute Gasteiger partial charge is 0.340 e. The molecule has 0 bridgehead atoms. The van der Waals surface area contributed by atoms with Gasteiger partial charge in [0.15, 0.2) is 6.61 Å². The first-order valence-corrected chi connectivity index (χ1v) is 5.78. The van der Waals surface area contributed by atoms with Crippen LogP contribution in [0.2, 0.25) is 5.02 Å². The average Bonchev–Trinajstić information content (AvgIpc) is 2.28. The minimum Gasteiger partial charge on any atom is -0.452 e. The second-order valence-electron chi connectivity index (χ2n) is 3.11. The Hall–Kier alpha value is -1.60. The highest BCUT2D eigenvalue weighted by atomic mass is 79.9. The van der Waals surface area contributed by atoms with Gasteiger partial charge in [-0.25, -0.2) is 9.59 Å². The molecule has 1 rings (SSSR count). The molecule has 0 atom stereocenters. The summed E-state index contributed by atoms with van der Waals surface area (Å²) < 4.78 is 5.30. The molecule has 0 unspecified atom stereocenters. The van der Waals surface area contributed by atoms with E-state index in [1.807, 2.05) is 0 Å². The van der Waals surface area contributed by atoms with E-state index in [9.17, 15) is 14.4 Å². The van der Waals surface area contributed by atoms with E-state index in [-0.39, 0.29) is 10.6 Å². The van der Waals surface area contributed by atoms with Crippen LogP contribution in [-0.4, -0.2) is 24.5 Å². The number of hydrogen-bond acceptors (Lipinski definition) is 4. The number of ether oxygens (including phenoxy) is 1. The van der Waals surface area contributed by atoms with Crippen LogP contribution in [0.4, 0.5) is 4.79 Å². The molecule has 1 aromatic rings. The van der Waals surface area contributed by atoms with Crippen LogP contribution in [0.5, 0.6) is 0 Å². The Morgan fingerprint density at radius 1 is 1.39 bits per heavy atom. The highest BCUT2D eigenvalue weighted by molar-refractivity contribution is 9.10. The van der Waals surface area contributed by atoms with Crippen LogP contribution in [0.3, 0.4) is 0 Å². The van der Waals surface area contributed by atoms with E-state index in [0.717, 1.165) is 0 Å². The van der Waals surface area contributed by atoms with Crippen molar-refractivity contribution in [1.82, 2.24) is 5.32 Å². The van der Waals surface area contributed by atoms with Crippen molar-refractivity contribution in [2.24, 2.45) is 5.73 Å². The van der Waals surface area contributed by atoms with Gasteiger partial charge in [-0.05, 0) is 18.2 Å². The van der Waals surface area contributed by atoms with E-state index >= 15 is 0 Å². The lowest BCUT2D eigenvalue weighted by atomic mass is 10.2. The first kappa shape index (κ1) is 14.5. The Labute approximate surface area is 116 Å². The maximum atomic E-state index is 11.6. The molecule has 0 aliphatic rings. The fourth-order valence-electron chi connectivity index (χ4n) is 1.04.